The average molecular weight is 215 g/mol. The second-order valence-electron chi connectivity index (χ2n) is 2.70. The first-order chi connectivity index (χ1) is 6.77. The summed E-state index contributed by atoms with van der Waals surface area (Å²) in [5, 5.41) is 7.51. The zero-order valence-electron chi connectivity index (χ0n) is 8.27. The van der Waals surface area contributed by atoms with E-state index >= 15 is 0 Å². The highest BCUT2D eigenvalue weighted by atomic mass is 32.2. The minimum Gasteiger partial charge on any atom is -0.464 e. The molecule has 6 heteroatoms. The zero-order chi connectivity index (χ0) is 10.4. The molecule has 1 heterocycles. The van der Waals surface area contributed by atoms with Crippen LogP contribution in [0, 0.1) is 0 Å². The van der Waals surface area contributed by atoms with Crippen molar-refractivity contribution in [1.29, 1.82) is 0 Å². The Balaban J connectivity index is 2.46. The van der Waals surface area contributed by atoms with Crippen molar-refractivity contribution in [2.45, 2.75) is 13.0 Å². The van der Waals surface area contributed by atoms with Gasteiger partial charge in [0, 0.05) is 6.54 Å². The minimum absolute atomic E-state index is 0.261. The third kappa shape index (κ3) is 3.02. The second-order valence-corrected chi connectivity index (χ2v) is 3.69. The molecule has 14 heavy (non-hydrogen) atoms. The summed E-state index contributed by atoms with van der Waals surface area (Å²) in [6, 6.07) is 0. The van der Waals surface area contributed by atoms with Gasteiger partial charge in [-0.1, -0.05) is 5.21 Å². The molecule has 0 atom stereocenters. The lowest BCUT2D eigenvalue weighted by atomic mass is 10.4. The Morgan fingerprint density at radius 2 is 2.50 bits per heavy atom. The van der Waals surface area contributed by atoms with Crippen LogP contribution in [0.3, 0.4) is 0 Å². The normalized spacial score (nSPS) is 10.1. The fourth-order valence-corrected chi connectivity index (χ4v) is 1.39. The van der Waals surface area contributed by atoms with E-state index in [1.807, 2.05) is 0 Å². The molecule has 0 aromatic carbocycles. The maximum Gasteiger partial charge on any atom is 0.360 e. The number of hydrogen-bond acceptors (Lipinski definition) is 5. The highest BCUT2D eigenvalue weighted by Crippen LogP contribution is 2.00. The zero-order valence-corrected chi connectivity index (χ0v) is 9.08. The second kappa shape index (κ2) is 5.64. The van der Waals surface area contributed by atoms with Gasteiger partial charge in [-0.05, 0) is 18.4 Å². The van der Waals surface area contributed by atoms with E-state index in [1.165, 1.54) is 7.11 Å². The first-order valence-corrected chi connectivity index (χ1v) is 5.64. The topological polar surface area (TPSA) is 57.0 Å². The predicted octanol–water partition coefficient (Wildman–Crippen LogP) is 0.818. The maximum atomic E-state index is 11.0. The minimum atomic E-state index is -0.443. The molecule has 0 saturated heterocycles. The van der Waals surface area contributed by atoms with E-state index in [4.69, 9.17) is 0 Å². The number of methoxy groups -OCH3 is 1. The van der Waals surface area contributed by atoms with Crippen LogP contribution < -0.4 is 0 Å². The summed E-state index contributed by atoms with van der Waals surface area (Å²) < 4.78 is 6.17. The predicted molar refractivity (Wildman–Crippen MR) is 54.4 cm³/mol. The van der Waals surface area contributed by atoms with Crippen LogP contribution in [0.4, 0.5) is 0 Å². The molecule has 1 rings (SSSR count). The van der Waals surface area contributed by atoms with Crippen LogP contribution in [0.2, 0.25) is 0 Å². The molecule has 0 saturated carbocycles. The number of aromatic nitrogens is 3. The number of rotatable bonds is 5. The third-order valence-electron chi connectivity index (χ3n) is 1.67. The van der Waals surface area contributed by atoms with Crippen molar-refractivity contribution in [2.24, 2.45) is 0 Å². The summed E-state index contributed by atoms with van der Waals surface area (Å²) in [5.74, 6) is 0.633. The molecule has 0 spiro atoms. The quantitative estimate of drug-likeness (QED) is 0.537. The molecule has 78 valence electrons. The van der Waals surface area contributed by atoms with Crippen molar-refractivity contribution in [3.63, 3.8) is 0 Å². The fraction of sp³-hybridized carbons (Fsp3) is 0.625. The van der Waals surface area contributed by atoms with Gasteiger partial charge < -0.3 is 4.74 Å². The molecule has 0 aliphatic heterocycles. The standard InChI is InChI=1S/C8H13N3O2S/c1-13-8(12)7-6-11(10-9-7)4-3-5-14-2/h6H,3-5H2,1-2H3. The lowest BCUT2D eigenvalue weighted by Crippen LogP contribution is -2.01. The Morgan fingerprint density at radius 3 is 3.14 bits per heavy atom. The van der Waals surface area contributed by atoms with E-state index < -0.39 is 5.97 Å². The molecule has 0 unspecified atom stereocenters. The number of ether oxygens (including phenoxy) is 1. The van der Waals surface area contributed by atoms with Crippen LogP contribution in [0.25, 0.3) is 0 Å². The molecule has 0 amide bonds. The van der Waals surface area contributed by atoms with Gasteiger partial charge in [0.05, 0.1) is 13.3 Å². The molecular weight excluding hydrogens is 202 g/mol. The average Bonchev–Trinajstić information content (AvgIpc) is 2.66. The smallest absolute Gasteiger partial charge is 0.360 e. The van der Waals surface area contributed by atoms with Crippen molar-refractivity contribution in [1.82, 2.24) is 15.0 Å². The number of thioether (sulfide) groups is 1. The van der Waals surface area contributed by atoms with E-state index in [0.29, 0.717) is 0 Å². The number of nitrogens with zero attached hydrogens (tertiary/aromatic N) is 3. The van der Waals surface area contributed by atoms with E-state index in [9.17, 15) is 4.79 Å². The van der Waals surface area contributed by atoms with Crippen LogP contribution in [-0.2, 0) is 11.3 Å². The first kappa shape index (κ1) is 11.0. The van der Waals surface area contributed by atoms with Crippen molar-refractivity contribution >= 4 is 17.7 Å². The van der Waals surface area contributed by atoms with Gasteiger partial charge >= 0.3 is 5.97 Å². The number of esters is 1. The molecular formula is C8H13N3O2S. The van der Waals surface area contributed by atoms with E-state index in [1.54, 1.807) is 22.6 Å². The summed E-state index contributed by atoms with van der Waals surface area (Å²) in [5.41, 5.74) is 0.261. The fourth-order valence-electron chi connectivity index (χ4n) is 0.977. The van der Waals surface area contributed by atoms with Gasteiger partial charge in [0.2, 0.25) is 0 Å². The Labute approximate surface area is 86.8 Å². The molecule has 0 bridgehead atoms. The summed E-state index contributed by atoms with van der Waals surface area (Å²) in [7, 11) is 1.33. The van der Waals surface area contributed by atoms with Gasteiger partial charge in [0.25, 0.3) is 0 Å². The van der Waals surface area contributed by atoms with Gasteiger partial charge in [-0.25, -0.2) is 4.79 Å². The van der Waals surface area contributed by atoms with Crippen molar-refractivity contribution in [3.8, 4) is 0 Å². The van der Waals surface area contributed by atoms with Crippen LogP contribution in [0.1, 0.15) is 16.9 Å². The molecule has 0 radical (unpaired) electrons. The lowest BCUT2D eigenvalue weighted by molar-refractivity contribution is 0.0594. The van der Waals surface area contributed by atoms with Gasteiger partial charge in [-0.2, -0.15) is 11.8 Å². The van der Waals surface area contributed by atoms with Crippen molar-refractivity contribution in [2.75, 3.05) is 19.1 Å². The van der Waals surface area contributed by atoms with Gasteiger partial charge in [0.15, 0.2) is 5.69 Å². The maximum absolute atomic E-state index is 11.0. The Bertz CT molecular complexity index is 301. The first-order valence-electron chi connectivity index (χ1n) is 4.25. The van der Waals surface area contributed by atoms with Crippen LogP contribution in [0.5, 0.6) is 0 Å². The Kier molecular flexibility index (Phi) is 4.45. The molecule has 1 aromatic rings. The molecule has 0 aliphatic carbocycles. The molecule has 0 fully saturated rings. The van der Waals surface area contributed by atoms with Gasteiger partial charge in [0.1, 0.15) is 0 Å². The highest BCUT2D eigenvalue weighted by molar-refractivity contribution is 7.98. The van der Waals surface area contributed by atoms with E-state index in [2.05, 4.69) is 21.3 Å². The number of carbonyl (C=O) groups excluding carboxylic acids is 1. The largest absolute Gasteiger partial charge is 0.464 e. The molecule has 5 nitrogen and oxygen atoms in total. The molecule has 1 aromatic heterocycles. The Hall–Kier alpha value is -1.04. The van der Waals surface area contributed by atoms with Crippen molar-refractivity contribution < 1.29 is 9.53 Å². The van der Waals surface area contributed by atoms with Crippen LogP contribution in [0.15, 0.2) is 6.20 Å². The van der Waals surface area contributed by atoms with Crippen molar-refractivity contribution in [3.05, 3.63) is 11.9 Å². The van der Waals surface area contributed by atoms with E-state index in [-0.39, 0.29) is 5.69 Å². The SMILES string of the molecule is COC(=O)c1cn(CCCSC)nn1. The summed E-state index contributed by atoms with van der Waals surface area (Å²) in [6.07, 6.45) is 4.68. The van der Waals surface area contributed by atoms with Gasteiger partial charge in [-0.15, -0.1) is 5.10 Å². The number of hydrogen-bond donors (Lipinski definition) is 0. The lowest BCUT2D eigenvalue weighted by Gasteiger charge is -1.97. The third-order valence-corrected chi connectivity index (χ3v) is 2.37. The van der Waals surface area contributed by atoms with E-state index in [0.717, 1.165) is 18.7 Å². The summed E-state index contributed by atoms with van der Waals surface area (Å²) >= 11 is 1.79. The number of carbonyl (C=O) groups is 1. The monoisotopic (exact) mass is 215 g/mol. The van der Waals surface area contributed by atoms with Gasteiger partial charge in [-0.3, -0.25) is 4.68 Å². The molecule has 0 N–H and O–H groups in total. The number of aryl methyl sites for hydroxylation is 1. The van der Waals surface area contributed by atoms with Crippen LogP contribution in [-0.4, -0.2) is 40.1 Å². The van der Waals surface area contributed by atoms with Crippen LogP contribution >= 0.6 is 11.8 Å². The Morgan fingerprint density at radius 1 is 1.71 bits per heavy atom. The summed E-state index contributed by atoms with van der Waals surface area (Å²) in [4.78, 5) is 11.0. The molecule has 0 aliphatic rings. The highest BCUT2D eigenvalue weighted by Gasteiger charge is 2.09. The summed E-state index contributed by atoms with van der Waals surface area (Å²) in [6.45, 7) is 0.783.